The number of azo groups is 1. The summed E-state index contributed by atoms with van der Waals surface area (Å²) < 4.78 is 8.31. The van der Waals surface area contributed by atoms with Crippen LogP contribution in [0.3, 0.4) is 0 Å². The molecule has 0 atom stereocenters. The van der Waals surface area contributed by atoms with Gasteiger partial charge in [-0.1, -0.05) is 40.0 Å². The Morgan fingerprint density at radius 2 is 1.83 bits per heavy atom. The van der Waals surface area contributed by atoms with E-state index in [1.165, 1.54) is 4.57 Å². The summed E-state index contributed by atoms with van der Waals surface area (Å²) in [5, 5.41) is 29.9. The molecule has 0 amide bonds. The Labute approximate surface area is 215 Å². The van der Waals surface area contributed by atoms with Gasteiger partial charge in [0.25, 0.3) is 5.56 Å². The molecule has 36 heavy (non-hydrogen) atoms. The van der Waals surface area contributed by atoms with E-state index in [9.17, 15) is 15.0 Å². The van der Waals surface area contributed by atoms with Crippen molar-refractivity contribution in [1.82, 2.24) is 14.1 Å². The van der Waals surface area contributed by atoms with Crippen molar-refractivity contribution in [3.8, 4) is 11.6 Å². The smallest absolute Gasteiger partial charge is 0.284 e. The zero-order valence-corrected chi connectivity index (χ0v) is 22.2. The highest BCUT2D eigenvalue weighted by atomic mass is 32.2. The molecule has 0 bridgehead atoms. The topological polar surface area (TPSA) is 123 Å². The van der Waals surface area contributed by atoms with Gasteiger partial charge >= 0.3 is 0 Å². The fourth-order valence-corrected chi connectivity index (χ4v) is 4.32. The van der Waals surface area contributed by atoms with Gasteiger partial charge in [0.2, 0.25) is 11.8 Å². The van der Waals surface area contributed by atoms with Crippen molar-refractivity contribution in [3.63, 3.8) is 0 Å². The number of fused-ring (bicyclic) bond motifs is 1. The number of benzene rings is 1. The van der Waals surface area contributed by atoms with Gasteiger partial charge < -0.3 is 14.8 Å². The van der Waals surface area contributed by atoms with Crippen LogP contribution in [0.4, 0.5) is 11.6 Å². The lowest BCUT2D eigenvalue weighted by atomic mass is 10.1. The molecule has 0 unspecified atom stereocenters. The molecule has 2 aromatic heterocycles. The number of aromatic hydroxyl groups is 2. The Morgan fingerprint density at radius 3 is 2.53 bits per heavy atom. The molecule has 2 N–H and O–H groups in total. The second kappa shape index (κ2) is 13.4. The minimum atomic E-state index is -0.577. The molecular weight excluding hydrogens is 482 g/mol. The molecule has 0 saturated carbocycles. The number of hydrogen-bond donors (Lipinski definition) is 2. The van der Waals surface area contributed by atoms with Crippen LogP contribution in [-0.2, 0) is 28.7 Å². The standard InChI is InChI=1S/C25H35N5O5S/c1-5-9-10-14-30-23(32)18(11-6-2)22(31)21(24(30)33)27-28-25-26-19-13-12-17(36-35-34-15-7-3)16-20(19)29(25)8-4/h12-13,16,31-32H,5-11,14-15H2,1-4H3. The number of pyridine rings is 1. The van der Waals surface area contributed by atoms with E-state index < -0.39 is 5.56 Å². The summed E-state index contributed by atoms with van der Waals surface area (Å²) in [6, 6.07) is 5.64. The number of rotatable bonds is 14. The number of aryl methyl sites for hydroxylation is 1. The molecule has 3 aromatic rings. The second-order valence-electron chi connectivity index (χ2n) is 8.39. The molecule has 0 saturated heterocycles. The molecule has 3 rings (SSSR count). The van der Waals surface area contributed by atoms with Crippen molar-refractivity contribution in [2.75, 3.05) is 6.61 Å². The van der Waals surface area contributed by atoms with Crippen LogP contribution < -0.4 is 5.56 Å². The third kappa shape index (κ3) is 6.26. The van der Waals surface area contributed by atoms with Crippen molar-refractivity contribution < 1.29 is 19.4 Å². The first-order valence-electron chi connectivity index (χ1n) is 12.5. The maximum atomic E-state index is 13.1. The van der Waals surface area contributed by atoms with Crippen LogP contribution in [-0.4, -0.2) is 30.9 Å². The lowest BCUT2D eigenvalue weighted by Gasteiger charge is -2.15. The normalized spacial score (nSPS) is 11.8. The lowest BCUT2D eigenvalue weighted by molar-refractivity contribution is -0.190. The predicted octanol–water partition coefficient (Wildman–Crippen LogP) is 6.55. The summed E-state index contributed by atoms with van der Waals surface area (Å²) in [5.74, 6) is -0.235. The third-order valence-electron chi connectivity index (χ3n) is 5.69. The maximum absolute atomic E-state index is 13.1. The first kappa shape index (κ1) is 27.7. The van der Waals surface area contributed by atoms with Crippen LogP contribution in [0.15, 0.2) is 38.1 Å². The van der Waals surface area contributed by atoms with E-state index in [4.69, 9.17) is 9.22 Å². The molecule has 0 spiro atoms. The quantitative estimate of drug-likeness (QED) is 0.0816. The van der Waals surface area contributed by atoms with E-state index in [0.29, 0.717) is 49.6 Å². The van der Waals surface area contributed by atoms with E-state index in [1.54, 1.807) is 0 Å². The molecule has 0 radical (unpaired) electrons. The van der Waals surface area contributed by atoms with Crippen LogP contribution in [0, 0.1) is 0 Å². The van der Waals surface area contributed by atoms with Gasteiger partial charge in [-0.25, -0.2) is 9.87 Å². The molecule has 0 aliphatic carbocycles. The van der Waals surface area contributed by atoms with E-state index in [1.807, 2.05) is 43.5 Å². The van der Waals surface area contributed by atoms with Gasteiger partial charge in [-0.2, -0.15) is 4.33 Å². The van der Waals surface area contributed by atoms with Crippen LogP contribution in [0.1, 0.15) is 65.4 Å². The molecule has 0 aliphatic rings. The molecule has 10 nitrogen and oxygen atoms in total. The van der Waals surface area contributed by atoms with Gasteiger partial charge in [0.1, 0.15) is 0 Å². The number of unbranched alkanes of at least 4 members (excludes halogenated alkanes) is 2. The van der Waals surface area contributed by atoms with Crippen LogP contribution in [0.5, 0.6) is 11.6 Å². The molecule has 196 valence electrons. The highest BCUT2D eigenvalue weighted by molar-refractivity contribution is 7.94. The number of nitrogens with zero attached hydrogens (tertiary/aromatic N) is 5. The molecule has 1 aromatic carbocycles. The van der Waals surface area contributed by atoms with E-state index >= 15 is 0 Å². The summed E-state index contributed by atoms with van der Waals surface area (Å²) in [6.45, 7) is 9.38. The molecule has 0 aliphatic heterocycles. The molecule has 11 heteroatoms. The lowest BCUT2D eigenvalue weighted by Crippen LogP contribution is -2.21. The zero-order chi connectivity index (χ0) is 26.1. The largest absolute Gasteiger partial charge is 0.505 e. The van der Waals surface area contributed by atoms with Crippen LogP contribution in [0.25, 0.3) is 11.0 Å². The Kier molecular flexibility index (Phi) is 10.3. The Morgan fingerprint density at radius 1 is 1.03 bits per heavy atom. The fourth-order valence-electron chi connectivity index (χ4n) is 3.84. The highest BCUT2D eigenvalue weighted by Crippen LogP contribution is 2.35. The van der Waals surface area contributed by atoms with Gasteiger partial charge in [0.05, 0.1) is 35.2 Å². The van der Waals surface area contributed by atoms with Gasteiger partial charge in [-0.05, 0) is 44.4 Å². The van der Waals surface area contributed by atoms with Gasteiger partial charge in [0, 0.05) is 18.0 Å². The first-order valence-corrected chi connectivity index (χ1v) is 13.3. The summed E-state index contributed by atoms with van der Waals surface area (Å²) in [7, 11) is 0. The van der Waals surface area contributed by atoms with Crippen LogP contribution >= 0.6 is 12.0 Å². The monoisotopic (exact) mass is 517 g/mol. The molecular formula is C25H35N5O5S. The van der Waals surface area contributed by atoms with Crippen molar-refractivity contribution >= 4 is 34.7 Å². The fraction of sp³-hybridized carbons (Fsp3) is 0.520. The predicted molar refractivity (Wildman–Crippen MR) is 140 cm³/mol. The number of hydrogen-bond acceptors (Lipinski definition) is 9. The van der Waals surface area contributed by atoms with Crippen molar-refractivity contribution in [2.45, 2.75) is 84.2 Å². The molecule has 0 fully saturated rings. The van der Waals surface area contributed by atoms with E-state index in [2.05, 4.69) is 22.1 Å². The summed E-state index contributed by atoms with van der Waals surface area (Å²) in [4.78, 5) is 23.6. The third-order valence-corrected chi connectivity index (χ3v) is 6.30. The number of imidazole rings is 1. The minimum absolute atomic E-state index is 0.194. The molecule has 2 heterocycles. The second-order valence-corrected chi connectivity index (χ2v) is 9.17. The minimum Gasteiger partial charge on any atom is -0.505 e. The van der Waals surface area contributed by atoms with Crippen molar-refractivity contribution in [1.29, 1.82) is 0 Å². The first-order chi connectivity index (χ1) is 17.5. The summed E-state index contributed by atoms with van der Waals surface area (Å²) >= 11 is 1.12. The Hall–Kier alpha value is -2.89. The van der Waals surface area contributed by atoms with Gasteiger partial charge in [-0.15, -0.1) is 10.2 Å². The average molecular weight is 518 g/mol. The van der Waals surface area contributed by atoms with E-state index in [-0.39, 0.29) is 17.3 Å². The maximum Gasteiger partial charge on any atom is 0.284 e. The average Bonchev–Trinajstić information content (AvgIpc) is 3.23. The highest BCUT2D eigenvalue weighted by Gasteiger charge is 2.21. The Balaban J connectivity index is 1.99. The van der Waals surface area contributed by atoms with Gasteiger partial charge in [-0.3, -0.25) is 9.36 Å². The van der Waals surface area contributed by atoms with Crippen molar-refractivity contribution in [3.05, 3.63) is 34.1 Å². The zero-order valence-electron chi connectivity index (χ0n) is 21.4. The van der Waals surface area contributed by atoms with Crippen LogP contribution in [0.2, 0.25) is 0 Å². The summed E-state index contributed by atoms with van der Waals surface area (Å²) in [6.07, 6.45) is 4.58. The SMILES string of the molecule is CCCCCn1c(O)c(CCC)c(O)c(N=Nc2nc3ccc(SOOCCC)cc3n2CC)c1=O. The van der Waals surface area contributed by atoms with Crippen molar-refractivity contribution in [2.24, 2.45) is 10.2 Å². The van der Waals surface area contributed by atoms with Gasteiger partial charge in [0.15, 0.2) is 11.4 Å². The summed E-state index contributed by atoms with van der Waals surface area (Å²) in [5.41, 5.74) is 1.07. The Bertz CT molecular complexity index is 1250. The number of aromatic nitrogens is 3. The van der Waals surface area contributed by atoms with E-state index in [0.717, 1.165) is 48.1 Å².